The van der Waals surface area contributed by atoms with Crippen LogP contribution in [0.2, 0.25) is 0 Å². The van der Waals surface area contributed by atoms with E-state index >= 15 is 0 Å². The summed E-state index contributed by atoms with van der Waals surface area (Å²) in [4.78, 5) is 2.33. The maximum Gasteiger partial charge on any atom is 0.145 e. The van der Waals surface area contributed by atoms with E-state index in [1.807, 2.05) is 19.9 Å². The minimum absolute atomic E-state index is 0.690. The Balaban J connectivity index is 2.58. The van der Waals surface area contributed by atoms with Crippen molar-refractivity contribution >= 4 is 5.69 Å². The van der Waals surface area contributed by atoms with Crippen LogP contribution in [0, 0.1) is 13.8 Å². The Labute approximate surface area is 105 Å². The molecule has 3 nitrogen and oxygen atoms in total. The zero-order chi connectivity index (χ0) is 12.8. The Hall–Kier alpha value is -1.22. The Morgan fingerprint density at radius 2 is 1.82 bits per heavy atom. The second kappa shape index (κ2) is 6.50. The minimum atomic E-state index is 0.690. The van der Waals surface area contributed by atoms with Crippen molar-refractivity contribution < 1.29 is 4.74 Å². The van der Waals surface area contributed by atoms with Crippen LogP contribution in [0.1, 0.15) is 25.0 Å². The molecule has 0 saturated heterocycles. The molecule has 3 heteroatoms. The molecule has 0 radical (unpaired) electrons. The van der Waals surface area contributed by atoms with Gasteiger partial charge < -0.3 is 15.4 Å². The molecule has 0 aliphatic heterocycles. The van der Waals surface area contributed by atoms with Gasteiger partial charge in [-0.3, -0.25) is 0 Å². The molecule has 2 N–H and O–H groups in total. The molecular formula is C14H24N2O. The standard InChI is InChI=1S/C14H24N2O/c1-5-16(6-2)7-8-17-14-12(4)9-11(3)10-13(14)15/h9-10H,5-8,15H2,1-4H3. The molecule has 96 valence electrons. The number of nitrogens with two attached hydrogens (primary N) is 1. The van der Waals surface area contributed by atoms with Crippen molar-refractivity contribution in [3.63, 3.8) is 0 Å². The Morgan fingerprint density at radius 1 is 1.18 bits per heavy atom. The normalized spacial score (nSPS) is 10.9. The van der Waals surface area contributed by atoms with Gasteiger partial charge in [-0.15, -0.1) is 0 Å². The maximum absolute atomic E-state index is 5.97. The highest BCUT2D eigenvalue weighted by Crippen LogP contribution is 2.27. The number of likely N-dealkylation sites (N-methyl/N-ethyl adjacent to an activating group) is 1. The van der Waals surface area contributed by atoms with E-state index in [4.69, 9.17) is 10.5 Å². The van der Waals surface area contributed by atoms with Gasteiger partial charge in [0, 0.05) is 6.54 Å². The summed E-state index contributed by atoms with van der Waals surface area (Å²) >= 11 is 0. The molecule has 0 aliphatic carbocycles. The summed E-state index contributed by atoms with van der Waals surface area (Å²) in [6, 6.07) is 4.06. The van der Waals surface area contributed by atoms with Crippen LogP contribution in [-0.2, 0) is 0 Å². The van der Waals surface area contributed by atoms with E-state index in [1.54, 1.807) is 0 Å². The number of benzene rings is 1. The number of nitrogen functional groups attached to an aromatic ring is 1. The number of aryl methyl sites for hydroxylation is 2. The third-order valence-electron chi connectivity index (χ3n) is 3.00. The number of ether oxygens (including phenoxy) is 1. The van der Waals surface area contributed by atoms with Crippen LogP contribution in [0.5, 0.6) is 5.75 Å². The Bertz CT molecular complexity index is 336. The van der Waals surface area contributed by atoms with Gasteiger partial charge in [0.1, 0.15) is 12.4 Å². The first-order chi connectivity index (χ1) is 8.08. The van der Waals surface area contributed by atoms with E-state index in [0.29, 0.717) is 6.61 Å². The van der Waals surface area contributed by atoms with E-state index < -0.39 is 0 Å². The SMILES string of the molecule is CCN(CC)CCOc1c(C)cc(C)cc1N. The highest BCUT2D eigenvalue weighted by Gasteiger charge is 2.06. The topological polar surface area (TPSA) is 38.5 Å². The molecule has 0 aromatic heterocycles. The third kappa shape index (κ3) is 3.93. The largest absolute Gasteiger partial charge is 0.490 e. The molecule has 0 fully saturated rings. The van der Waals surface area contributed by atoms with Gasteiger partial charge in [-0.25, -0.2) is 0 Å². The summed E-state index contributed by atoms with van der Waals surface area (Å²) < 4.78 is 5.79. The molecule has 0 heterocycles. The maximum atomic E-state index is 5.97. The molecule has 0 amide bonds. The van der Waals surface area contributed by atoms with E-state index in [0.717, 1.165) is 36.6 Å². The predicted molar refractivity (Wildman–Crippen MR) is 73.6 cm³/mol. The summed E-state index contributed by atoms with van der Waals surface area (Å²) in [6.07, 6.45) is 0. The van der Waals surface area contributed by atoms with Gasteiger partial charge in [0.2, 0.25) is 0 Å². The fourth-order valence-electron chi connectivity index (χ4n) is 2.00. The molecule has 1 aromatic carbocycles. The molecule has 1 rings (SSSR count). The van der Waals surface area contributed by atoms with Crippen molar-refractivity contribution in [2.45, 2.75) is 27.7 Å². The molecule has 0 unspecified atom stereocenters. The quantitative estimate of drug-likeness (QED) is 0.772. The van der Waals surface area contributed by atoms with Gasteiger partial charge in [-0.1, -0.05) is 19.9 Å². The molecule has 0 spiro atoms. The molecule has 0 atom stereocenters. The van der Waals surface area contributed by atoms with Crippen molar-refractivity contribution in [2.24, 2.45) is 0 Å². The van der Waals surface area contributed by atoms with E-state index in [2.05, 4.69) is 24.8 Å². The highest BCUT2D eigenvalue weighted by atomic mass is 16.5. The predicted octanol–water partition coefficient (Wildman–Crippen LogP) is 2.61. The molecule has 0 aliphatic rings. The summed E-state index contributed by atoms with van der Waals surface area (Å²) in [5, 5.41) is 0. The average molecular weight is 236 g/mol. The van der Waals surface area contributed by atoms with E-state index in [-0.39, 0.29) is 0 Å². The monoisotopic (exact) mass is 236 g/mol. The van der Waals surface area contributed by atoms with Crippen LogP contribution in [-0.4, -0.2) is 31.1 Å². The molecule has 1 aromatic rings. The third-order valence-corrected chi connectivity index (χ3v) is 3.00. The zero-order valence-corrected chi connectivity index (χ0v) is 11.4. The van der Waals surface area contributed by atoms with Crippen LogP contribution in [0.25, 0.3) is 0 Å². The van der Waals surface area contributed by atoms with Crippen molar-refractivity contribution in [1.82, 2.24) is 4.90 Å². The van der Waals surface area contributed by atoms with E-state index in [1.165, 1.54) is 5.56 Å². The fourth-order valence-corrected chi connectivity index (χ4v) is 2.00. The van der Waals surface area contributed by atoms with Gasteiger partial charge in [-0.05, 0) is 44.1 Å². The van der Waals surface area contributed by atoms with Gasteiger partial charge in [0.05, 0.1) is 5.69 Å². The molecule has 0 bridgehead atoms. The number of rotatable bonds is 6. The lowest BCUT2D eigenvalue weighted by molar-refractivity contribution is 0.222. The van der Waals surface area contributed by atoms with Crippen LogP contribution >= 0.6 is 0 Å². The van der Waals surface area contributed by atoms with Crippen molar-refractivity contribution in [1.29, 1.82) is 0 Å². The van der Waals surface area contributed by atoms with E-state index in [9.17, 15) is 0 Å². The van der Waals surface area contributed by atoms with Gasteiger partial charge in [0.25, 0.3) is 0 Å². The van der Waals surface area contributed by atoms with Gasteiger partial charge in [0.15, 0.2) is 0 Å². The first-order valence-corrected chi connectivity index (χ1v) is 6.30. The minimum Gasteiger partial charge on any atom is -0.490 e. The summed E-state index contributed by atoms with van der Waals surface area (Å²) in [5.41, 5.74) is 8.99. The van der Waals surface area contributed by atoms with Crippen molar-refractivity contribution in [3.8, 4) is 5.75 Å². The average Bonchev–Trinajstić information content (AvgIpc) is 2.27. The summed E-state index contributed by atoms with van der Waals surface area (Å²) in [5.74, 6) is 0.836. The Morgan fingerprint density at radius 3 is 2.35 bits per heavy atom. The van der Waals surface area contributed by atoms with Crippen LogP contribution in [0.4, 0.5) is 5.69 Å². The lowest BCUT2D eigenvalue weighted by Crippen LogP contribution is -2.28. The Kier molecular flexibility index (Phi) is 5.29. The van der Waals surface area contributed by atoms with Gasteiger partial charge >= 0.3 is 0 Å². The fraction of sp³-hybridized carbons (Fsp3) is 0.571. The lowest BCUT2D eigenvalue weighted by Gasteiger charge is -2.19. The molecular weight excluding hydrogens is 212 g/mol. The highest BCUT2D eigenvalue weighted by molar-refractivity contribution is 5.58. The summed E-state index contributed by atoms with van der Waals surface area (Å²) in [7, 11) is 0. The first-order valence-electron chi connectivity index (χ1n) is 6.30. The van der Waals surface area contributed by atoms with Crippen LogP contribution in [0.3, 0.4) is 0 Å². The zero-order valence-electron chi connectivity index (χ0n) is 11.4. The van der Waals surface area contributed by atoms with Crippen LogP contribution in [0.15, 0.2) is 12.1 Å². The number of anilines is 1. The molecule has 17 heavy (non-hydrogen) atoms. The lowest BCUT2D eigenvalue weighted by atomic mass is 10.1. The second-order valence-corrected chi connectivity index (χ2v) is 4.38. The van der Waals surface area contributed by atoms with Crippen LogP contribution < -0.4 is 10.5 Å². The first kappa shape index (κ1) is 13.8. The second-order valence-electron chi connectivity index (χ2n) is 4.38. The smallest absolute Gasteiger partial charge is 0.145 e. The number of nitrogens with zero attached hydrogens (tertiary/aromatic N) is 1. The van der Waals surface area contributed by atoms with Crippen molar-refractivity contribution in [2.75, 3.05) is 32.0 Å². The summed E-state index contributed by atoms with van der Waals surface area (Å²) in [6.45, 7) is 12.2. The van der Waals surface area contributed by atoms with Crippen molar-refractivity contribution in [3.05, 3.63) is 23.3 Å². The van der Waals surface area contributed by atoms with Gasteiger partial charge in [-0.2, -0.15) is 0 Å². The number of hydrogen-bond donors (Lipinski definition) is 1. The molecule has 0 saturated carbocycles. The number of hydrogen-bond acceptors (Lipinski definition) is 3.